The molecule has 218 valence electrons. The number of unbranched alkanes of at least 4 members (excludes halogenated alkanes) is 14. The molecule has 0 unspecified atom stereocenters. The summed E-state index contributed by atoms with van der Waals surface area (Å²) in [5, 5.41) is 2.96. The van der Waals surface area contributed by atoms with E-state index in [1.165, 1.54) is 70.6 Å². The molecule has 0 spiro atoms. The first-order valence-corrected chi connectivity index (χ1v) is 15.7. The van der Waals surface area contributed by atoms with Gasteiger partial charge in [-0.15, -0.1) is 0 Å². The number of amides is 1. The van der Waals surface area contributed by atoms with Crippen molar-refractivity contribution < 1.29 is 14.4 Å². The van der Waals surface area contributed by atoms with Crippen LogP contribution in [-0.2, 0) is 14.4 Å². The lowest BCUT2D eigenvalue weighted by molar-refractivity contribution is -0.132. The summed E-state index contributed by atoms with van der Waals surface area (Å²) in [6.45, 7) is 5.24. The van der Waals surface area contributed by atoms with Crippen molar-refractivity contribution in [1.82, 2.24) is 5.32 Å². The number of carbonyl (C=O) groups is 3. The summed E-state index contributed by atoms with van der Waals surface area (Å²) in [4.78, 5) is 38.1. The van der Waals surface area contributed by atoms with Crippen LogP contribution in [0.2, 0.25) is 0 Å². The Hall–Kier alpha value is -1.27. The molecule has 0 aromatic carbocycles. The lowest BCUT2D eigenvalue weighted by Gasteiger charge is -2.22. The molecular formula is C31H61N3O3. The van der Waals surface area contributed by atoms with Crippen molar-refractivity contribution in [2.45, 2.75) is 161 Å². The number of rotatable bonds is 28. The molecule has 0 aliphatic heterocycles. The van der Waals surface area contributed by atoms with Crippen LogP contribution in [0.25, 0.3) is 0 Å². The minimum Gasteiger partial charge on any atom is -0.346 e. The Morgan fingerprint density at radius 3 is 1.59 bits per heavy atom. The van der Waals surface area contributed by atoms with Gasteiger partial charge in [-0.25, -0.2) is 0 Å². The van der Waals surface area contributed by atoms with E-state index in [-0.39, 0.29) is 29.8 Å². The van der Waals surface area contributed by atoms with Gasteiger partial charge in [0.2, 0.25) is 5.91 Å². The van der Waals surface area contributed by atoms with Gasteiger partial charge >= 0.3 is 0 Å². The summed E-state index contributed by atoms with van der Waals surface area (Å²) in [5.41, 5.74) is 11.2. The van der Waals surface area contributed by atoms with Gasteiger partial charge in [-0.2, -0.15) is 0 Å². The topological polar surface area (TPSA) is 115 Å². The van der Waals surface area contributed by atoms with Crippen molar-refractivity contribution in [1.29, 1.82) is 0 Å². The molecular weight excluding hydrogens is 462 g/mol. The predicted octanol–water partition coefficient (Wildman–Crippen LogP) is 6.77. The van der Waals surface area contributed by atoms with E-state index in [4.69, 9.17) is 11.5 Å². The molecule has 0 aliphatic rings. The summed E-state index contributed by atoms with van der Waals surface area (Å²) in [5.74, 6) is -0.320. The molecule has 1 amide bonds. The molecule has 6 heteroatoms. The van der Waals surface area contributed by atoms with E-state index in [9.17, 15) is 14.4 Å². The van der Waals surface area contributed by atoms with Crippen LogP contribution in [0.3, 0.4) is 0 Å². The third kappa shape index (κ3) is 21.4. The van der Waals surface area contributed by atoms with Gasteiger partial charge in [0.1, 0.15) is 5.78 Å². The average Bonchev–Trinajstić information content (AvgIpc) is 2.89. The zero-order valence-corrected chi connectivity index (χ0v) is 24.5. The second-order valence-electron chi connectivity index (χ2n) is 10.9. The third-order valence-corrected chi connectivity index (χ3v) is 7.41. The van der Waals surface area contributed by atoms with Gasteiger partial charge in [-0.05, 0) is 51.6 Å². The van der Waals surface area contributed by atoms with Gasteiger partial charge in [0.05, 0.1) is 6.04 Å². The van der Waals surface area contributed by atoms with Crippen molar-refractivity contribution in [2.75, 3.05) is 13.1 Å². The Balaban J connectivity index is 4.29. The summed E-state index contributed by atoms with van der Waals surface area (Å²) in [7, 11) is 0. The molecule has 2 atom stereocenters. The highest BCUT2D eigenvalue weighted by molar-refractivity contribution is 5.91. The SMILES string of the molecule is CCCCCCCCCCCCCCCC(=O)C[C@@H](CCCCN)C(=O)N[C@@H](CCCCN)C(=O)CC. The van der Waals surface area contributed by atoms with Crippen LogP contribution in [0.4, 0.5) is 0 Å². The minimum atomic E-state index is -0.475. The minimum absolute atomic E-state index is 0.0457. The molecule has 0 aromatic heterocycles. The zero-order valence-electron chi connectivity index (χ0n) is 24.5. The van der Waals surface area contributed by atoms with E-state index in [0.29, 0.717) is 38.8 Å². The van der Waals surface area contributed by atoms with Crippen LogP contribution in [0.15, 0.2) is 0 Å². The summed E-state index contributed by atoms with van der Waals surface area (Å²) < 4.78 is 0. The maximum absolute atomic E-state index is 13.1. The van der Waals surface area contributed by atoms with Gasteiger partial charge in [0, 0.05) is 25.2 Å². The number of hydrogen-bond acceptors (Lipinski definition) is 5. The normalized spacial score (nSPS) is 12.9. The van der Waals surface area contributed by atoms with E-state index in [2.05, 4.69) is 12.2 Å². The van der Waals surface area contributed by atoms with E-state index in [1.54, 1.807) is 0 Å². The van der Waals surface area contributed by atoms with Crippen LogP contribution >= 0.6 is 0 Å². The fourth-order valence-electron chi connectivity index (χ4n) is 4.92. The first kappa shape index (κ1) is 35.7. The van der Waals surface area contributed by atoms with Crippen molar-refractivity contribution in [3.63, 3.8) is 0 Å². The smallest absolute Gasteiger partial charge is 0.224 e. The van der Waals surface area contributed by atoms with Gasteiger partial charge in [-0.1, -0.05) is 97.3 Å². The second kappa shape index (κ2) is 26.3. The van der Waals surface area contributed by atoms with Gasteiger partial charge in [0.15, 0.2) is 5.78 Å². The highest BCUT2D eigenvalue weighted by atomic mass is 16.2. The average molecular weight is 524 g/mol. The van der Waals surface area contributed by atoms with Gasteiger partial charge < -0.3 is 16.8 Å². The van der Waals surface area contributed by atoms with Crippen LogP contribution in [0.5, 0.6) is 0 Å². The molecule has 0 saturated heterocycles. The number of ketones is 2. The third-order valence-electron chi connectivity index (χ3n) is 7.41. The van der Waals surface area contributed by atoms with Crippen LogP contribution < -0.4 is 16.8 Å². The molecule has 0 heterocycles. The first-order valence-electron chi connectivity index (χ1n) is 15.7. The van der Waals surface area contributed by atoms with Gasteiger partial charge in [0.25, 0.3) is 0 Å². The number of nitrogens with two attached hydrogens (primary N) is 2. The maximum atomic E-state index is 13.1. The molecule has 5 N–H and O–H groups in total. The van der Waals surface area contributed by atoms with Crippen molar-refractivity contribution in [3.8, 4) is 0 Å². The first-order chi connectivity index (χ1) is 18.0. The fraction of sp³-hybridized carbons (Fsp3) is 0.903. The fourth-order valence-corrected chi connectivity index (χ4v) is 4.92. The Bertz CT molecular complexity index is 568. The Labute approximate surface area is 228 Å². The van der Waals surface area contributed by atoms with Crippen LogP contribution in [0, 0.1) is 5.92 Å². The molecule has 0 aliphatic carbocycles. The van der Waals surface area contributed by atoms with Crippen LogP contribution in [-0.4, -0.2) is 36.6 Å². The highest BCUT2D eigenvalue weighted by Crippen LogP contribution is 2.18. The van der Waals surface area contributed by atoms with Gasteiger partial charge in [-0.3, -0.25) is 14.4 Å². The maximum Gasteiger partial charge on any atom is 0.224 e. The lowest BCUT2D eigenvalue weighted by atomic mass is 9.92. The van der Waals surface area contributed by atoms with Crippen LogP contribution in [0.1, 0.15) is 155 Å². The number of hydrogen-bond donors (Lipinski definition) is 3. The molecule has 0 bridgehead atoms. The zero-order chi connectivity index (χ0) is 27.6. The Morgan fingerprint density at radius 2 is 1.11 bits per heavy atom. The summed E-state index contributed by atoms with van der Waals surface area (Å²) in [6.07, 6.45) is 22.4. The Kier molecular flexibility index (Phi) is 25.4. The largest absolute Gasteiger partial charge is 0.346 e. The highest BCUT2D eigenvalue weighted by Gasteiger charge is 2.26. The quantitative estimate of drug-likeness (QED) is 0.0979. The predicted molar refractivity (Wildman–Crippen MR) is 156 cm³/mol. The summed E-state index contributed by atoms with van der Waals surface area (Å²) in [6, 6.07) is -0.475. The van der Waals surface area contributed by atoms with Crippen molar-refractivity contribution in [2.24, 2.45) is 17.4 Å². The van der Waals surface area contributed by atoms with E-state index < -0.39 is 6.04 Å². The second-order valence-corrected chi connectivity index (χ2v) is 10.9. The number of nitrogens with one attached hydrogen (secondary N) is 1. The molecule has 37 heavy (non-hydrogen) atoms. The molecule has 6 nitrogen and oxygen atoms in total. The molecule has 0 radical (unpaired) electrons. The molecule has 0 rings (SSSR count). The molecule has 0 saturated carbocycles. The molecule has 0 aromatic rings. The van der Waals surface area contributed by atoms with Crippen molar-refractivity contribution in [3.05, 3.63) is 0 Å². The van der Waals surface area contributed by atoms with Crippen molar-refractivity contribution >= 4 is 17.5 Å². The monoisotopic (exact) mass is 523 g/mol. The number of carbonyl (C=O) groups excluding carboxylic acids is 3. The van der Waals surface area contributed by atoms with E-state index in [0.717, 1.165) is 38.5 Å². The van der Waals surface area contributed by atoms with E-state index >= 15 is 0 Å². The summed E-state index contributed by atoms with van der Waals surface area (Å²) >= 11 is 0. The molecule has 0 fully saturated rings. The standard InChI is InChI=1S/C31H61N3O3/c1-3-5-6-7-8-9-10-11-12-13-14-15-16-22-28(35)26-27(21-17-19-24-32)31(37)34-29(30(36)4-2)23-18-20-25-33/h27,29H,3-26,32-33H2,1-2H3,(H,34,37)/t27-,29+/m1/s1. The number of Topliss-reactive ketones (excluding diaryl/α,β-unsaturated/α-hetero) is 2. The lowest BCUT2D eigenvalue weighted by Crippen LogP contribution is -2.44. The Morgan fingerprint density at radius 1 is 0.622 bits per heavy atom. The van der Waals surface area contributed by atoms with E-state index in [1.807, 2.05) is 6.92 Å².